The molecule has 0 bridgehead atoms. The Morgan fingerprint density at radius 1 is 1.50 bits per heavy atom. The molecule has 0 aromatic heterocycles. The molecule has 4 heteroatoms. The number of alkyl halides is 1. The van der Waals surface area contributed by atoms with Crippen LogP contribution in [-0.2, 0) is 17.6 Å². The molecule has 1 aromatic carbocycles. The van der Waals surface area contributed by atoms with E-state index in [0.29, 0.717) is 10.9 Å². The van der Waals surface area contributed by atoms with Gasteiger partial charge in [-0.1, -0.05) is 17.7 Å². The molecular weight excluding hydrogens is 245 g/mol. The molecule has 1 amide bonds. The van der Waals surface area contributed by atoms with Gasteiger partial charge in [-0.3, -0.25) is 4.79 Å². The second-order valence-electron chi connectivity index (χ2n) is 3.93. The van der Waals surface area contributed by atoms with E-state index in [-0.39, 0.29) is 5.91 Å². The number of hydrogen-bond acceptors (Lipinski definition) is 1. The molecule has 1 heterocycles. The van der Waals surface area contributed by atoms with E-state index >= 15 is 0 Å². The number of carbonyl (C=O) groups excluding carboxylic acids is 1. The number of nitrogens with zero attached hydrogens (tertiary/aromatic N) is 1. The predicted octanol–water partition coefficient (Wildman–Crippen LogP) is 3.03. The quantitative estimate of drug-likeness (QED) is 0.746. The maximum Gasteiger partial charge on any atom is 0.223 e. The first-order chi connectivity index (χ1) is 7.63. The largest absolute Gasteiger partial charge is 0.312 e. The minimum atomic E-state index is 0.0694. The second kappa shape index (κ2) is 4.64. The summed E-state index contributed by atoms with van der Waals surface area (Å²) in [4.78, 5) is 13.2. The molecule has 0 saturated heterocycles. The van der Waals surface area contributed by atoms with Gasteiger partial charge in [-0.2, -0.15) is 0 Å². The Morgan fingerprint density at radius 2 is 2.25 bits per heavy atom. The molecule has 1 aromatic rings. The van der Waals surface area contributed by atoms with Gasteiger partial charge >= 0.3 is 0 Å². The number of hydrogen-bond donors (Lipinski definition) is 0. The zero-order valence-electron chi connectivity index (χ0n) is 9.09. The van der Waals surface area contributed by atoms with Gasteiger partial charge < -0.3 is 4.90 Å². The van der Waals surface area contributed by atoms with Gasteiger partial charge in [0.25, 0.3) is 0 Å². The average molecular weight is 258 g/mol. The highest BCUT2D eigenvalue weighted by Gasteiger charge is 2.23. The molecule has 2 nitrogen and oxygen atoms in total. The van der Waals surface area contributed by atoms with Crippen LogP contribution >= 0.6 is 23.2 Å². The van der Waals surface area contributed by atoms with Crippen LogP contribution in [-0.4, -0.2) is 18.3 Å². The molecule has 0 saturated carbocycles. The van der Waals surface area contributed by atoms with Crippen molar-refractivity contribution in [2.45, 2.75) is 19.8 Å². The highest BCUT2D eigenvalue weighted by atomic mass is 35.5. The van der Waals surface area contributed by atoms with Crippen molar-refractivity contribution in [3.63, 3.8) is 0 Å². The van der Waals surface area contributed by atoms with Crippen molar-refractivity contribution in [2.24, 2.45) is 0 Å². The molecule has 0 unspecified atom stereocenters. The summed E-state index contributed by atoms with van der Waals surface area (Å²) in [5.74, 6) is 0.634. The predicted molar refractivity (Wildman–Crippen MR) is 67.6 cm³/mol. The van der Waals surface area contributed by atoms with Crippen LogP contribution in [0.1, 0.15) is 18.1 Å². The molecule has 0 fully saturated rings. The Kier molecular flexibility index (Phi) is 3.41. The van der Waals surface area contributed by atoms with Gasteiger partial charge in [-0.15, -0.1) is 11.6 Å². The van der Waals surface area contributed by atoms with Crippen molar-refractivity contribution in [1.82, 2.24) is 0 Å². The van der Waals surface area contributed by atoms with E-state index in [0.717, 1.165) is 30.6 Å². The highest BCUT2D eigenvalue weighted by molar-refractivity contribution is 6.32. The second-order valence-corrected chi connectivity index (χ2v) is 4.72. The van der Waals surface area contributed by atoms with Crippen molar-refractivity contribution >= 4 is 34.8 Å². The summed E-state index contributed by atoms with van der Waals surface area (Å²) < 4.78 is 0. The lowest BCUT2D eigenvalue weighted by Crippen LogP contribution is -2.25. The van der Waals surface area contributed by atoms with E-state index in [2.05, 4.69) is 6.07 Å². The van der Waals surface area contributed by atoms with Gasteiger partial charge in [0.2, 0.25) is 5.91 Å². The summed E-state index contributed by atoms with van der Waals surface area (Å²) in [5, 5.41) is 0.701. The summed E-state index contributed by atoms with van der Waals surface area (Å²) in [6.07, 6.45) is 1.68. The Hall–Kier alpha value is -0.730. The zero-order chi connectivity index (χ0) is 11.7. The lowest BCUT2D eigenvalue weighted by atomic mass is 10.1. The molecular formula is C12H13Cl2NO. The normalized spacial score (nSPS) is 14.1. The van der Waals surface area contributed by atoms with Crippen LogP contribution in [0.15, 0.2) is 12.1 Å². The van der Waals surface area contributed by atoms with E-state index in [1.54, 1.807) is 11.8 Å². The van der Waals surface area contributed by atoms with Crippen molar-refractivity contribution in [1.29, 1.82) is 0 Å². The Balaban J connectivity index is 2.40. The van der Waals surface area contributed by atoms with Crippen LogP contribution in [0.4, 0.5) is 5.69 Å². The molecule has 16 heavy (non-hydrogen) atoms. The third-order valence-corrected chi connectivity index (χ3v) is 3.43. The fourth-order valence-electron chi connectivity index (χ4n) is 2.08. The van der Waals surface area contributed by atoms with Gasteiger partial charge in [0, 0.05) is 30.1 Å². The van der Waals surface area contributed by atoms with E-state index < -0.39 is 0 Å². The van der Waals surface area contributed by atoms with Crippen LogP contribution in [0.2, 0.25) is 5.02 Å². The molecule has 0 aliphatic carbocycles. The molecule has 86 valence electrons. The molecule has 0 atom stereocenters. The van der Waals surface area contributed by atoms with Crippen molar-refractivity contribution in [3.8, 4) is 0 Å². The summed E-state index contributed by atoms with van der Waals surface area (Å²) in [5.41, 5.74) is 3.22. The van der Waals surface area contributed by atoms with Gasteiger partial charge in [0.15, 0.2) is 0 Å². The third-order valence-electron chi connectivity index (χ3n) is 2.89. The highest BCUT2D eigenvalue weighted by Crippen LogP contribution is 2.33. The number of halogens is 2. The summed E-state index contributed by atoms with van der Waals surface area (Å²) in [6.45, 7) is 2.33. The van der Waals surface area contributed by atoms with E-state index in [4.69, 9.17) is 23.2 Å². The van der Waals surface area contributed by atoms with Gasteiger partial charge in [-0.25, -0.2) is 0 Å². The maximum absolute atomic E-state index is 11.4. The number of benzene rings is 1. The number of rotatable bonds is 2. The number of fused-ring (bicyclic) bond motifs is 1. The average Bonchev–Trinajstić information content (AvgIpc) is 2.61. The lowest BCUT2D eigenvalue weighted by molar-refractivity contribution is -0.116. The first-order valence-electron chi connectivity index (χ1n) is 5.29. The topological polar surface area (TPSA) is 20.3 Å². The fourth-order valence-corrected chi connectivity index (χ4v) is 2.54. The van der Waals surface area contributed by atoms with Crippen molar-refractivity contribution in [3.05, 3.63) is 28.3 Å². The van der Waals surface area contributed by atoms with Crippen LogP contribution in [0, 0.1) is 0 Å². The van der Waals surface area contributed by atoms with Crippen LogP contribution < -0.4 is 4.90 Å². The van der Waals surface area contributed by atoms with Gasteiger partial charge in [-0.05, 0) is 30.0 Å². The van der Waals surface area contributed by atoms with Crippen LogP contribution in [0.3, 0.4) is 0 Å². The molecule has 1 aliphatic rings. The van der Waals surface area contributed by atoms with Crippen LogP contribution in [0.5, 0.6) is 0 Å². The number of anilines is 1. The minimum Gasteiger partial charge on any atom is -0.312 e. The first-order valence-corrected chi connectivity index (χ1v) is 6.20. The Morgan fingerprint density at radius 3 is 2.88 bits per heavy atom. The minimum absolute atomic E-state index is 0.0694. The van der Waals surface area contributed by atoms with E-state index in [1.807, 2.05) is 6.07 Å². The number of carbonyl (C=O) groups is 1. The lowest BCUT2D eigenvalue weighted by Gasteiger charge is -2.15. The smallest absolute Gasteiger partial charge is 0.223 e. The van der Waals surface area contributed by atoms with Crippen LogP contribution in [0.25, 0.3) is 0 Å². The van der Waals surface area contributed by atoms with Crippen molar-refractivity contribution in [2.75, 3.05) is 17.3 Å². The molecule has 1 aliphatic heterocycles. The number of aryl methyl sites for hydroxylation is 1. The molecule has 2 rings (SSSR count). The first kappa shape index (κ1) is 11.7. The fraction of sp³-hybridized carbons (Fsp3) is 0.417. The summed E-state index contributed by atoms with van der Waals surface area (Å²) in [6, 6.07) is 3.95. The molecule has 0 radical (unpaired) electrons. The standard InChI is InChI=1S/C12H13Cl2NO/c1-8(16)15-5-3-10-6-9(2-4-13)11(14)7-12(10)15/h6-7H,2-5H2,1H3. The maximum atomic E-state index is 11.4. The third kappa shape index (κ3) is 2.04. The zero-order valence-corrected chi connectivity index (χ0v) is 10.6. The molecule has 0 N–H and O–H groups in total. The monoisotopic (exact) mass is 257 g/mol. The molecule has 0 spiro atoms. The van der Waals surface area contributed by atoms with Gasteiger partial charge in [0.1, 0.15) is 0 Å². The number of amides is 1. The van der Waals surface area contributed by atoms with Gasteiger partial charge in [0.05, 0.1) is 0 Å². The Labute approximate surface area is 105 Å². The van der Waals surface area contributed by atoms with E-state index in [1.165, 1.54) is 5.56 Å². The summed E-state index contributed by atoms with van der Waals surface area (Å²) >= 11 is 11.9. The summed E-state index contributed by atoms with van der Waals surface area (Å²) in [7, 11) is 0. The Bertz CT molecular complexity index is 431. The van der Waals surface area contributed by atoms with E-state index in [9.17, 15) is 4.79 Å². The van der Waals surface area contributed by atoms with Crippen molar-refractivity contribution < 1.29 is 4.79 Å². The SMILES string of the molecule is CC(=O)N1CCc2cc(CCCl)c(Cl)cc21.